The number of fused-ring (bicyclic) bond motifs is 1. The first-order chi connectivity index (χ1) is 17.7. The summed E-state index contributed by atoms with van der Waals surface area (Å²) in [4.78, 5) is 32.1. The molecule has 5 nitrogen and oxygen atoms in total. The van der Waals surface area contributed by atoms with Crippen LogP contribution in [0.4, 0.5) is 26.3 Å². The lowest BCUT2D eigenvalue weighted by atomic mass is 9.95. The molecule has 0 aliphatic carbocycles. The molecule has 1 amide bonds. The summed E-state index contributed by atoms with van der Waals surface area (Å²) in [5.74, 6) is -0.777. The Balaban J connectivity index is 1.88. The third-order valence-corrected chi connectivity index (χ3v) is 6.18. The summed E-state index contributed by atoms with van der Waals surface area (Å²) in [6, 6.07) is 11.4. The first-order valence-electron chi connectivity index (χ1n) is 11.3. The van der Waals surface area contributed by atoms with Crippen molar-refractivity contribution in [3.05, 3.63) is 99.1 Å². The molecule has 0 unspecified atom stereocenters. The Labute approximate surface area is 213 Å². The van der Waals surface area contributed by atoms with Crippen LogP contribution in [-0.2, 0) is 25.9 Å². The zero-order chi connectivity index (χ0) is 28.0. The molecule has 0 spiro atoms. The molecule has 11 heteroatoms. The molecule has 0 saturated heterocycles. The topological polar surface area (TPSA) is 55.2 Å². The van der Waals surface area contributed by atoms with E-state index in [1.165, 1.54) is 20.3 Å². The Morgan fingerprint density at radius 2 is 1.55 bits per heavy atom. The van der Waals surface area contributed by atoms with Crippen molar-refractivity contribution < 1.29 is 31.1 Å². The lowest BCUT2D eigenvalue weighted by molar-refractivity contribution is -0.143. The van der Waals surface area contributed by atoms with Crippen molar-refractivity contribution in [2.75, 3.05) is 7.05 Å². The van der Waals surface area contributed by atoms with Crippen LogP contribution in [0.1, 0.15) is 32.7 Å². The minimum atomic E-state index is -5.02. The van der Waals surface area contributed by atoms with Gasteiger partial charge < -0.3 is 9.47 Å². The number of pyridine rings is 2. The smallest absolute Gasteiger partial charge is 0.336 e. The molecule has 198 valence electrons. The molecule has 2 aromatic heterocycles. The fourth-order valence-electron chi connectivity index (χ4n) is 4.34. The second-order valence-electron chi connectivity index (χ2n) is 8.88. The average Bonchev–Trinajstić information content (AvgIpc) is 2.85. The minimum absolute atomic E-state index is 0.0281. The first-order valence-corrected chi connectivity index (χ1v) is 11.3. The summed E-state index contributed by atoms with van der Waals surface area (Å²) < 4.78 is 81.1. The summed E-state index contributed by atoms with van der Waals surface area (Å²) in [6.45, 7) is 1.22. The van der Waals surface area contributed by atoms with Crippen LogP contribution in [0.5, 0.6) is 0 Å². The number of nitrogens with zero attached hydrogens (tertiary/aromatic N) is 3. The lowest BCUT2D eigenvalue weighted by Crippen LogP contribution is -2.33. The maximum absolute atomic E-state index is 13.7. The maximum Gasteiger partial charge on any atom is 0.416 e. The van der Waals surface area contributed by atoms with Crippen molar-refractivity contribution >= 4 is 16.8 Å². The van der Waals surface area contributed by atoms with Crippen LogP contribution < -0.4 is 5.56 Å². The van der Waals surface area contributed by atoms with E-state index >= 15 is 0 Å². The fourth-order valence-corrected chi connectivity index (χ4v) is 4.34. The first kappa shape index (κ1) is 26.9. The zero-order valence-corrected chi connectivity index (χ0v) is 20.4. The van der Waals surface area contributed by atoms with Gasteiger partial charge in [0.2, 0.25) is 0 Å². The van der Waals surface area contributed by atoms with Gasteiger partial charge in [0, 0.05) is 32.4 Å². The highest BCUT2D eigenvalue weighted by Crippen LogP contribution is 2.37. The Morgan fingerprint density at radius 3 is 2.13 bits per heavy atom. The number of aromatic nitrogens is 2. The molecule has 0 N–H and O–H groups in total. The van der Waals surface area contributed by atoms with Crippen molar-refractivity contribution in [3.8, 4) is 11.1 Å². The van der Waals surface area contributed by atoms with Crippen LogP contribution in [-0.4, -0.2) is 27.4 Å². The van der Waals surface area contributed by atoms with E-state index in [4.69, 9.17) is 0 Å². The van der Waals surface area contributed by atoms with Gasteiger partial charge in [-0.05, 0) is 53.9 Å². The quantitative estimate of drug-likeness (QED) is 0.293. The van der Waals surface area contributed by atoms with Gasteiger partial charge in [-0.15, -0.1) is 0 Å². The van der Waals surface area contributed by atoms with Crippen molar-refractivity contribution in [2.45, 2.75) is 25.8 Å². The van der Waals surface area contributed by atoms with E-state index in [1.54, 1.807) is 43.3 Å². The molecule has 2 aromatic carbocycles. The Kier molecular flexibility index (Phi) is 6.81. The summed E-state index contributed by atoms with van der Waals surface area (Å²) in [6.07, 6.45) is -8.59. The number of hydrogen-bond donors (Lipinski definition) is 0. The third kappa shape index (κ3) is 5.00. The van der Waals surface area contributed by atoms with Gasteiger partial charge in [-0.3, -0.25) is 14.6 Å². The van der Waals surface area contributed by atoms with E-state index in [-0.39, 0.29) is 28.2 Å². The molecule has 2 heterocycles. The van der Waals surface area contributed by atoms with Crippen LogP contribution in [0.2, 0.25) is 0 Å². The molecular formula is C27H21F6N3O2. The summed E-state index contributed by atoms with van der Waals surface area (Å²) in [5, 5.41) is 0.250. The highest BCUT2D eigenvalue weighted by atomic mass is 19.4. The molecule has 0 aliphatic rings. The Bertz CT molecular complexity index is 1570. The van der Waals surface area contributed by atoms with E-state index < -0.39 is 41.5 Å². The predicted octanol–water partition coefficient (Wildman–Crippen LogP) is 6.22. The van der Waals surface area contributed by atoms with E-state index in [2.05, 4.69) is 4.98 Å². The van der Waals surface area contributed by atoms with Crippen LogP contribution in [0, 0.1) is 6.92 Å². The molecular weight excluding hydrogens is 512 g/mol. The van der Waals surface area contributed by atoms with Crippen LogP contribution in [0.15, 0.2) is 65.6 Å². The molecule has 0 saturated carbocycles. The van der Waals surface area contributed by atoms with Crippen molar-refractivity contribution in [2.24, 2.45) is 7.05 Å². The number of halogens is 6. The van der Waals surface area contributed by atoms with Crippen molar-refractivity contribution in [3.63, 3.8) is 0 Å². The van der Waals surface area contributed by atoms with Gasteiger partial charge in [0.15, 0.2) is 0 Å². The number of rotatable bonds is 4. The standard InChI is InChI=1S/C27H21F6N3O2/c1-15-7-4-5-8-19(15)21-22-20(9-6-10-34-22)24(37)36(3)23(21)25(38)35(2)14-16-11-17(26(28,29)30)13-18(12-16)27(31,32)33/h4-13H,14H2,1-3H3. The maximum atomic E-state index is 13.7. The molecule has 4 aromatic rings. The highest BCUT2D eigenvalue weighted by molar-refractivity contribution is 6.07. The number of alkyl halides is 6. The highest BCUT2D eigenvalue weighted by Gasteiger charge is 2.37. The Morgan fingerprint density at radius 1 is 0.947 bits per heavy atom. The largest absolute Gasteiger partial charge is 0.416 e. The number of benzene rings is 2. The second kappa shape index (κ2) is 9.62. The number of amides is 1. The molecule has 0 atom stereocenters. The van der Waals surface area contributed by atoms with Gasteiger partial charge in [0.25, 0.3) is 11.5 Å². The van der Waals surface area contributed by atoms with Gasteiger partial charge in [-0.2, -0.15) is 26.3 Å². The molecule has 4 rings (SSSR count). The lowest BCUT2D eigenvalue weighted by Gasteiger charge is -2.23. The normalized spacial score (nSPS) is 12.1. The SMILES string of the molecule is Cc1ccccc1-c1c(C(=O)N(C)Cc2cc(C(F)(F)F)cc(C(F)(F)F)c2)n(C)c(=O)c2cccnc12. The van der Waals surface area contributed by atoms with E-state index in [0.29, 0.717) is 23.3 Å². The molecule has 0 aliphatic heterocycles. The van der Waals surface area contributed by atoms with E-state index in [9.17, 15) is 35.9 Å². The van der Waals surface area contributed by atoms with Gasteiger partial charge in [0.1, 0.15) is 5.69 Å². The van der Waals surface area contributed by atoms with E-state index in [0.717, 1.165) is 15.0 Å². The van der Waals surface area contributed by atoms with E-state index in [1.807, 2.05) is 0 Å². The zero-order valence-electron chi connectivity index (χ0n) is 20.4. The van der Waals surface area contributed by atoms with Gasteiger partial charge >= 0.3 is 12.4 Å². The monoisotopic (exact) mass is 533 g/mol. The molecule has 38 heavy (non-hydrogen) atoms. The summed E-state index contributed by atoms with van der Waals surface area (Å²) >= 11 is 0. The van der Waals surface area contributed by atoms with Crippen LogP contribution in [0.25, 0.3) is 22.0 Å². The molecule has 0 fully saturated rings. The number of aryl methyl sites for hydroxylation is 1. The average molecular weight is 533 g/mol. The molecule has 0 bridgehead atoms. The van der Waals surface area contributed by atoms with Crippen molar-refractivity contribution in [1.29, 1.82) is 0 Å². The van der Waals surface area contributed by atoms with Crippen LogP contribution in [0.3, 0.4) is 0 Å². The van der Waals surface area contributed by atoms with Gasteiger partial charge in [-0.25, -0.2) is 0 Å². The van der Waals surface area contributed by atoms with Gasteiger partial charge in [-0.1, -0.05) is 24.3 Å². The van der Waals surface area contributed by atoms with Crippen LogP contribution >= 0.6 is 0 Å². The fraction of sp³-hybridized carbons (Fsp3) is 0.222. The minimum Gasteiger partial charge on any atom is -0.336 e. The van der Waals surface area contributed by atoms with Crippen molar-refractivity contribution in [1.82, 2.24) is 14.5 Å². The predicted molar refractivity (Wildman–Crippen MR) is 129 cm³/mol. The summed E-state index contributed by atoms with van der Waals surface area (Å²) in [7, 11) is 2.62. The molecule has 0 radical (unpaired) electrons. The number of carbonyl (C=O) groups is 1. The number of carbonyl (C=O) groups excluding carboxylic acids is 1. The Hall–Kier alpha value is -4.15. The summed E-state index contributed by atoms with van der Waals surface area (Å²) in [5.41, 5.74) is -2.01. The third-order valence-electron chi connectivity index (χ3n) is 6.18. The second-order valence-corrected chi connectivity index (χ2v) is 8.88. The number of hydrogen-bond acceptors (Lipinski definition) is 3. The van der Waals surface area contributed by atoms with Gasteiger partial charge in [0.05, 0.1) is 22.0 Å².